The topological polar surface area (TPSA) is 98.9 Å². The summed E-state index contributed by atoms with van der Waals surface area (Å²) < 4.78 is 12.1. The van der Waals surface area contributed by atoms with E-state index in [0.29, 0.717) is 28.1 Å². The van der Waals surface area contributed by atoms with E-state index >= 15 is 0 Å². The van der Waals surface area contributed by atoms with Gasteiger partial charge < -0.3 is 9.47 Å². The van der Waals surface area contributed by atoms with Gasteiger partial charge in [-0.05, 0) is 52.2 Å². The maximum Gasteiger partial charge on any atom is 0.313 e. The van der Waals surface area contributed by atoms with Crippen molar-refractivity contribution in [2.24, 2.45) is 5.10 Å². The first-order chi connectivity index (χ1) is 14.5. The summed E-state index contributed by atoms with van der Waals surface area (Å²) in [4.78, 5) is 14.4. The van der Waals surface area contributed by atoms with Crippen LogP contribution in [0.2, 0.25) is 0 Å². The lowest BCUT2D eigenvalue weighted by atomic mass is 10.2. The normalized spacial score (nSPS) is 10.8. The average Bonchev–Trinajstić information content (AvgIpc) is 2.74. The van der Waals surface area contributed by atoms with Gasteiger partial charge in [-0.1, -0.05) is 29.8 Å². The number of rotatable bonds is 8. The van der Waals surface area contributed by atoms with E-state index in [0.717, 1.165) is 5.56 Å². The molecule has 0 amide bonds. The van der Waals surface area contributed by atoms with E-state index in [1.807, 2.05) is 37.3 Å². The summed E-state index contributed by atoms with van der Waals surface area (Å²) in [5.74, 6) is 1.16. The van der Waals surface area contributed by atoms with Gasteiger partial charge in [-0.3, -0.25) is 15.5 Å². The summed E-state index contributed by atoms with van der Waals surface area (Å²) >= 11 is 3.50. The van der Waals surface area contributed by atoms with E-state index in [-0.39, 0.29) is 11.5 Å². The minimum absolute atomic E-state index is 0.0582. The molecule has 0 fully saturated rings. The highest BCUT2D eigenvalue weighted by Gasteiger charge is 2.14. The quantitative estimate of drug-likeness (QED) is 0.279. The Kier molecular flexibility index (Phi) is 6.97. The van der Waals surface area contributed by atoms with Crippen molar-refractivity contribution in [2.45, 2.75) is 13.5 Å². The lowest BCUT2D eigenvalue weighted by molar-refractivity contribution is -0.384. The smallest absolute Gasteiger partial charge is 0.313 e. The van der Waals surface area contributed by atoms with Gasteiger partial charge in [0.1, 0.15) is 6.61 Å². The molecule has 154 valence electrons. The number of aryl methyl sites for hydroxylation is 1. The van der Waals surface area contributed by atoms with E-state index in [9.17, 15) is 10.1 Å². The molecule has 0 spiro atoms. The summed E-state index contributed by atoms with van der Waals surface area (Å²) in [6.07, 6.45) is 2.96. The minimum atomic E-state index is -0.523. The van der Waals surface area contributed by atoms with Crippen molar-refractivity contribution in [1.29, 1.82) is 0 Å². The second kappa shape index (κ2) is 9.84. The monoisotopic (exact) mass is 470 g/mol. The number of methoxy groups -OCH3 is 1. The first-order valence-electron chi connectivity index (χ1n) is 8.92. The molecule has 0 saturated carbocycles. The summed E-state index contributed by atoms with van der Waals surface area (Å²) in [6.45, 7) is 2.43. The zero-order chi connectivity index (χ0) is 21.5. The van der Waals surface area contributed by atoms with Gasteiger partial charge in [-0.25, -0.2) is 4.98 Å². The Hall–Kier alpha value is -3.46. The highest BCUT2D eigenvalue weighted by Crippen LogP contribution is 2.37. The fourth-order valence-electron chi connectivity index (χ4n) is 2.59. The van der Waals surface area contributed by atoms with Crippen molar-refractivity contribution in [2.75, 3.05) is 12.5 Å². The summed E-state index contributed by atoms with van der Waals surface area (Å²) in [6, 6.07) is 14.5. The minimum Gasteiger partial charge on any atom is -0.493 e. The van der Waals surface area contributed by atoms with Crippen LogP contribution >= 0.6 is 15.9 Å². The van der Waals surface area contributed by atoms with Crippen molar-refractivity contribution in [3.05, 3.63) is 86.0 Å². The van der Waals surface area contributed by atoms with Crippen LogP contribution in [0.4, 0.5) is 11.5 Å². The zero-order valence-corrected chi connectivity index (χ0v) is 17.9. The van der Waals surface area contributed by atoms with Crippen molar-refractivity contribution in [1.82, 2.24) is 4.98 Å². The molecular formula is C21H19BrN4O4. The van der Waals surface area contributed by atoms with Gasteiger partial charge in [0.15, 0.2) is 11.5 Å². The number of hydrogen-bond acceptors (Lipinski definition) is 7. The Morgan fingerprint density at radius 3 is 2.73 bits per heavy atom. The average molecular weight is 471 g/mol. The van der Waals surface area contributed by atoms with Crippen LogP contribution in [-0.2, 0) is 6.61 Å². The van der Waals surface area contributed by atoms with Gasteiger partial charge >= 0.3 is 5.69 Å². The SMILES string of the molecule is COc1cc(/C=N\Nc2ncccc2[N+](=O)[O-])cc(Br)c1OCc1ccc(C)cc1. The fraction of sp³-hybridized carbons (Fsp3) is 0.143. The molecule has 0 saturated heterocycles. The summed E-state index contributed by atoms with van der Waals surface area (Å²) in [7, 11) is 1.55. The van der Waals surface area contributed by atoms with Gasteiger partial charge in [-0.2, -0.15) is 5.10 Å². The number of aromatic nitrogens is 1. The van der Waals surface area contributed by atoms with Crippen LogP contribution < -0.4 is 14.9 Å². The highest BCUT2D eigenvalue weighted by molar-refractivity contribution is 9.10. The first kappa shape index (κ1) is 21.3. The molecule has 0 aliphatic rings. The number of nitrogens with zero attached hydrogens (tertiary/aromatic N) is 3. The van der Waals surface area contributed by atoms with E-state index in [1.54, 1.807) is 13.2 Å². The molecule has 0 aliphatic carbocycles. The van der Waals surface area contributed by atoms with Crippen molar-refractivity contribution in [3.8, 4) is 11.5 Å². The highest BCUT2D eigenvalue weighted by atomic mass is 79.9. The van der Waals surface area contributed by atoms with Crippen LogP contribution in [0.3, 0.4) is 0 Å². The van der Waals surface area contributed by atoms with Gasteiger partial charge in [0, 0.05) is 12.3 Å². The Bertz CT molecular complexity index is 1070. The van der Waals surface area contributed by atoms with Crippen LogP contribution in [0, 0.1) is 17.0 Å². The second-order valence-electron chi connectivity index (χ2n) is 6.31. The largest absolute Gasteiger partial charge is 0.493 e. The fourth-order valence-corrected chi connectivity index (χ4v) is 3.17. The number of anilines is 1. The van der Waals surface area contributed by atoms with E-state index in [2.05, 4.69) is 31.4 Å². The molecule has 0 bridgehead atoms. The molecule has 2 aromatic carbocycles. The van der Waals surface area contributed by atoms with Gasteiger partial charge in [-0.15, -0.1) is 0 Å². The number of hydrazone groups is 1. The van der Waals surface area contributed by atoms with Gasteiger partial charge in [0.25, 0.3) is 0 Å². The Morgan fingerprint density at radius 1 is 1.27 bits per heavy atom. The molecule has 9 heteroatoms. The molecule has 1 aromatic heterocycles. The predicted molar refractivity (Wildman–Crippen MR) is 118 cm³/mol. The third-order valence-corrected chi connectivity index (χ3v) is 4.71. The number of ether oxygens (including phenoxy) is 2. The number of nitro groups is 1. The van der Waals surface area contributed by atoms with E-state index in [1.165, 1.54) is 30.1 Å². The molecule has 30 heavy (non-hydrogen) atoms. The summed E-state index contributed by atoms with van der Waals surface area (Å²) in [5, 5.41) is 15.1. The van der Waals surface area contributed by atoms with Crippen LogP contribution in [0.1, 0.15) is 16.7 Å². The van der Waals surface area contributed by atoms with Crippen molar-refractivity contribution < 1.29 is 14.4 Å². The molecule has 1 N–H and O–H groups in total. The predicted octanol–water partition coefficient (Wildman–Crippen LogP) is 5.09. The molecule has 0 aliphatic heterocycles. The van der Waals surface area contributed by atoms with Crippen molar-refractivity contribution >= 4 is 33.6 Å². The number of nitrogens with one attached hydrogen (secondary N) is 1. The van der Waals surface area contributed by atoms with Crippen molar-refractivity contribution in [3.63, 3.8) is 0 Å². The second-order valence-corrected chi connectivity index (χ2v) is 7.16. The summed E-state index contributed by atoms with van der Waals surface area (Å²) in [5.41, 5.74) is 5.37. The number of hydrogen-bond donors (Lipinski definition) is 1. The third kappa shape index (κ3) is 5.32. The molecule has 1 heterocycles. The standard InChI is InChI=1S/C21H19BrN4O4/c1-14-5-7-15(8-6-14)13-30-20-17(22)10-16(11-19(20)29-2)12-24-25-21-18(26(27)28)4-3-9-23-21/h3-12H,13H2,1-2H3,(H,23,25)/b24-12-. The van der Waals surface area contributed by atoms with Gasteiger partial charge in [0.05, 0.1) is 22.7 Å². The lowest BCUT2D eigenvalue weighted by Crippen LogP contribution is -2.01. The van der Waals surface area contributed by atoms with E-state index in [4.69, 9.17) is 9.47 Å². The number of pyridine rings is 1. The van der Waals surface area contributed by atoms with Crippen LogP contribution in [0.25, 0.3) is 0 Å². The Balaban J connectivity index is 1.74. The molecule has 0 atom stereocenters. The molecular weight excluding hydrogens is 452 g/mol. The Morgan fingerprint density at radius 2 is 2.03 bits per heavy atom. The maximum atomic E-state index is 11.0. The maximum absolute atomic E-state index is 11.0. The van der Waals surface area contributed by atoms with Crippen LogP contribution in [-0.4, -0.2) is 23.2 Å². The van der Waals surface area contributed by atoms with Crippen LogP contribution in [0.15, 0.2) is 64.3 Å². The first-order valence-corrected chi connectivity index (χ1v) is 9.71. The van der Waals surface area contributed by atoms with Crippen LogP contribution in [0.5, 0.6) is 11.5 Å². The molecule has 0 radical (unpaired) electrons. The molecule has 3 rings (SSSR count). The lowest BCUT2D eigenvalue weighted by Gasteiger charge is -2.13. The Labute approximate surface area is 181 Å². The molecule has 8 nitrogen and oxygen atoms in total. The zero-order valence-electron chi connectivity index (χ0n) is 16.3. The number of benzene rings is 2. The number of halogens is 1. The molecule has 0 unspecified atom stereocenters. The van der Waals surface area contributed by atoms with Gasteiger partial charge in [0.2, 0.25) is 5.82 Å². The van der Waals surface area contributed by atoms with E-state index < -0.39 is 4.92 Å². The third-order valence-electron chi connectivity index (χ3n) is 4.12. The molecule has 3 aromatic rings.